The Labute approximate surface area is 119 Å². The molecule has 0 fully saturated rings. The Hall–Kier alpha value is -1.06. The van der Waals surface area contributed by atoms with Gasteiger partial charge in [0.05, 0.1) is 5.69 Å². The molecule has 2 aromatic rings. The maximum Gasteiger partial charge on any atom is 0.147 e. The van der Waals surface area contributed by atoms with E-state index in [2.05, 4.69) is 27.3 Å². The van der Waals surface area contributed by atoms with E-state index < -0.39 is 0 Å². The van der Waals surface area contributed by atoms with Gasteiger partial charge in [0.2, 0.25) is 0 Å². The van der Waals surface area contributed by atoms with E-state index in [1.54, 1.807) is 12.1 Å². The summed E-state index contributed by atoms with van der Waals surface area (Å²) in [6.07, 6.45) is 0. The van der Waals surface area contributed by atoms with Gasteiger partial charge in [0.25, 0.3) is 0 Å². The number of rotatable bonds is 3. The molecule has 0 atom stereocenters. The van der Waals surface area contributed by atoms with Crippen molar-refractivity contribution in [1.29, 1.82) is 0 Å². The first-order valence-corrected chi connectivity index (χ1v) is 6.67. The lowest BCUT2D eigenvalue weighted by atomic mass is 10.1. The molecule has 2 rings (SSSR count). The molecule has 0 saturated heterocycles. The number of anilines is 1. The van der Waals surface area contributed by atoms with Crippen LogP contribution in [0.15, 0.2) is 40.9 Å². The van der Waals surface area contributed by atoms with Gasteiger partial charge >= 0.3 is 0 Å². The van der Waals surface area contributed by atoms with Crippen molar-refractivity contribution in [2.45, 2.75) is 13.5 Å². The lowest BCUT2D eigenvalue weighted by Crippen LogP contribution is -2.01. The van der Waals surface area contributed by atoms with Crippen molar-refractivity contribution in [3.8, 4) is 0 Å². The smallest absolute Gasteiger partial charge is 0.147 e. The zero-order chi connectivity index (χ0) is 13.1. The van der Waals surface area contributed by atoms with Crippen molar-refractivity contribution in [1.82, 2.24) is 0 Å². The zero-order valence-electron chi connectivity index (χ0n) is 9.81. The second-order valence-corrected chi connectivity index (χ2v) is 5.35. The van der Waals surface area contributed by atoms with Gasteiger partial charge in [-0.25, -0.2) is 4.39 Å². The Balaban J connectivity index is 2.09. The Bertz CT molecular complexity index is 572. The molecule has 0 aliphatic carbocycles. The standard InChI is InChI=1S/C14H12BrClFN/c1-9-6-10(2-4-12(9)15)8-18-14-5-3-11(16)7-13(14)17/h2-7,18H,8H2,1H3. The number of benzene rings is 2. The molecule has 0 unspecified atom stereocenters. The van der Waals surface area contributed by atoms with E-state index in [0.717, 1.165) is 15.6 Å². The Kier molecular flexibility index (Phi) is 4.25. The van der Waals surface area contributed by atoms with E-state index in [0.29, 0.717) is 17.3 Å². The number of hydrogen-bond donors (Lipinski definition) is 1. The summed E-state index contributed by atoms with van der Waals surface area (Å²) in [4.78, 5) is 0. The molecule has 1 N–H and O–H groups in total. The fourth-order valence-electron chi connectivity index (χ4n) is 1.65. The Morgan fingerprint density at radius 2 is 2.00 bits per heavy atom. The predicted octanol–water partition coefficient (Wildman–Crippen LogP) is 5.16. The maximum atomic E-state index is 13.5. The molecule has 0 aromatic heterocycles. The zero-order valence-corrected chi connectivity index (χ0v) is 12.1. The minimum atomic E-state index is -0.337. The van der Waals surface area contributed by atoms with Gasteiger partial charge in [0.1, 0.15) is 5.82 Å². The largest absolute Gasteiger partial charge is 0.379 e. The van der Waals surface area contributed by atoms with E-state index >= 15 is 0 Å². The van der Waals surface area contributed by atoms with Crippen LogP contribution in [0.3, 0.4) is 0 Å². The quantitative estimate of drug-likeness (QED) is 0.820. The van der Waals surface area contributed by atoms with E-state index in [1.165, 1.54) is 6.07 Å². The molecule has 2 aromatic carbocycles. The van der Waals surface area contributed by atoms with Crippen LogP contribution in [0.1, 0.15) is 11.1 Å². The second-order valence-electron chi connectivity index (χ2n) is 4.06. The van der Waals surface area contributed by atoms with Gasteiger partial charge in [0.15, 0.2) is 0 Å². The van der Waals surface area contributed by atoms with E-state index in [9.17, 15) is 4.39 Å². The van der Waals surface area contributed by atoms with Crippen LogP contribution < -0.4 is 5.32 Å². The van der Waals surface area contributed by atoms with Crippen LogP contribution in [-0.4, -0.2) is 0 Å². The molecule has 0 bridgehead atoms. The summed E-state index contributed by atoms with van der Waals surface area (Å²) in [6.45, 7) is 2.60. The average Bonchev–Trinajstić information content (AvgIpc) is 2.32. The fraction of sp³-hybridized carbons (Fsp3) is 0.143. The highest BCUT2D eigenvalue weighted by atomic mass is 79.9. The number of halogens is 3. The van der Waals surface area contributed by atoms with Crippen LogP contribution in [0.25, 0.3) is 0 Å². The highest BCUT2D eigenvalue weighted by Crippen LogP contribution is 2.21. The summed E-state index contributed by atoms with van der Waals surface area (Å²) < 4.78 is 14.6. The van der Waals surface area contributed by atoms with Gasteiger partial charge in [-0.05, 0) is 42.3 Å². The fourth-order valence-corrected chi connectivity index (χ4v) is 2.05. The van der Waals surface area contributed by atoms with Crippen LogP contribution >= 0.6 is 27.5 Å². The molecule has 0 aliphatic rings. The van der Waals surface area contributed by atoms with E-state index in [4.69, 9.17) is 11.6 Å². The molecule has 0 amide bonds. The molecular weight excluding hydrogens is 317 g/mol. The molecule has 0 aliphatic heterocycles. The lowest BCUT2D eigenvalue weighted by Gasteiger charge is -2.09. The van der Waals surface area contributed by atoms with E-state index in [1.807, 2.05) is 19.1 Å². The van der Waals surface area contributed by atoms with Crippen LogP contribution in [0.4, 0.5) is 10.1 Å². The number of aryl methyl sites for hydroxylation is 1. The predicted molar refractivity (Wildman–Crippen MR) is 77.6 cm³/mol. The molecular formula is C14H12BrClFN. The van der Waals surface area contributed by atoms with Crippen LogP contribution in [0, 0.1) is 12.7 Å². The third-order valence-corrected chi connectivity index (χ3v) is 3.76. The van der Waals surface area contributed by atoms with Crippen molar-refractivity contribution in [3.05, 3.63) is 62.8 Å². The topological polar surface area (TPSA) is 12.0 Å². The van der Waals surface area contributed by atoms with Crippen LogP contribution in [-0.2, 0) is 6.54 Å². The summed E-state index contributed by atoms with van der Waals surface area (Å²) in [7, 11) is 0. The van der Waals surface area contributed by atoms with Gasteiger partial charge in [-0.3, -0.25) is 0 Å². The third kappa shape index (κ3) is 3.24. The molecule has 0 saturated carbocycles. The first-order valence-electron chi connectivity index (χ1n) is 5.50. The minimum absolute atomic E-state index is 0.337. The third-order valence-electron chi connectivity index (χ3n) is 2.64. The highest BCUT2D eigenvalue weighted by Gasteiger charge is 2.03. The van der Waals surface area contributed by atoms with Crippen LogP contribution in [0.5, 0.6) is 0 Å². The van der Waals surface area contributed by atoms with Gasteiger partial charge in [0, 0.05) is 16.0 Å². The molecule has 94 valence electrons. The summed E-state index contributed by atoms with van der Waals surface area (Å²) in [5.74, 6) is -0.337. The number of nitrogens with one attached hydrogen (secondary N) is 1. The number of hydrogen-bond acceptors (Lipinski definition) is 1. The van der Waals surface area contributed by atoms with Gasteiger partial charge in [-0.15, -0.1) is 0 Å². The summed E-state index contributed by atoms with van der Waals surface area (Å²) in [5.41, 5.74) is 2.72. The molecule has 0 spiro atoms. The molecule has 18 heavy (non-hydrogen) atoms. The first kappa shape index (κ1) is 13.4. The van der Waals surface area contributed by atoms with Gasteiger partial charge in [-0.1, -0.05) is 39.7 Å². The van der Waals surface area contributed by atoms with Crippen molar-refractivity contribution >= 4 is 33.2 Å². The average molecular weight is 329 g/mol. The summed E-state index contributed by atoms with van der Waals surface area (Å²) in [5, 5.41) is 3.45. The van der Waals surface area contributed by atoms with Gasteiger partial charge in [-0.2, -0.15) is 0 Å². The molecule has 0 heterocycles. The SMILES string of the molecule is Cc1cc(CNc2ccc(Cl)cc2F)ccc1Br. The summed E-state index contributed by atoms with van der Waals surface area (Å²) >= 11 is 9.15. The van der Waals surface area contributed by atoms with Crippen molar-refractivity contribution in [2.75, 3.05) is 5.32 Å². The Morgan fingerprint density at radius 1 is 1.22 bits per heavy atom. The highest BCUT2D eigenvalue weighted by molar-refractivity contribution is 9.10. The second kappa shape index (κ2) is 5.72. The normalized spacial score (nSPS) is 10.4. The summed E-state index contributed by atoms with van der Waals surface area (Å²) in [6, 6.07) is 10.7. The van der Waals surface area contributed by atoms with Crippen molar-refractivity contribution in [2.24, 2.45) is 0 Å². The minimum Gasteiger partial charge on any atom is -0.379 e. The molecule has 1 nitrogen and oxygen atoms in total. The van der Waals surface area contributed by atoms with Crippen molar-refractivity contribution < 1.29 is 4.39 Å². The molecule has 0 radical (unpaired) electrons. The van der Waals surface area contributed by atoms with E-state index in [-0.39, 0.29) is 5.82 Å². The van der Waals surface area contributed by atoms with Gasteiger partial charge < -0.3 is 5.32 Å². The first-order chi connectivity index (χ1) is 8.56. The van der Waals surface area contributed by atoms with Crippen LogP contribution in [0.2, 0.25) is 5.02 Å². The lowest BCUT2D eigenvalue weighted by molar-refractivity contribution is 0.630. The van der Waals surface area contributed by atoms with Crippen molar-refractivity contribution in [3.63, 3.8) is 0 Å². The maximum absolute atomic E-state index is 13.5. The molecule has 4 heteroatoms. The monoisotopic (exact) mass is 327 g/mol. The Morgan fingerprint density at radius 3 is 2.67 bits per heavy atom.